The second kappa shape index (κ2) is 4.25. The van der Waals surface area contributed by atoms with Crippen molar-refractivity contribution < 1.29 is 4.79 Å². The Kier molecular flexibility index (Phi) is 3.51. The predicted octanol–water partition coefficient (Wildman–Crippen LogP) is 3.94. The number of carbonyl (C=O) groups excluding carboxylic acids is 1. The normalized spacial score (nSPS) is 10.5. The third kappa shape index (κ3) is 2.55. The molecule has 0 saturated heterocycles. The standard InChI is InChI=1S/C10H10BrClO/c1-6(2)10(13)8-5-7(11)3-4-9(8)12/h3-6H,1-2H3. The van der Waals surface area contributed by atoms with Gasteiger partial charge >= 0.3 is 0 Å². The van der Waals surface area contributed by atoms with E-state index in [1.165, 1.54) is 0 Å². The van der Waals surface area contributed by atoms with Gasteiger partial charge in [0, 0.05) is 16.0 Å². The van der Waals surface area contributed by atoms with Gasteiger partial charge in [0.25, 0.3) is 0 Å². The first-order valence-corrected chi connectivity index (χ1v) is 5.18. The monoisotopic (exact) mass is 260 g/mol. The van der Waals surface area contributed by atoms with E-state index in [2.05, 4.69) is 15.9 Å². The molecule has 1 rings (SSSR count). The van der Waals surface area contributed by atoms with Crippen LogP contribution in [0.25, 0.3) is 0 Å². The Balaban J connectivity index is 3.13. The van der Waals surface area contributed by atoms with Crippen LogP contribution in [0.4, 0.5) is 0 Å². The van der Waals surface area contributed by atoms with Gasteiger partial charge in [0.05, 0.1) is 5.02 Å². The molecule has 0 spiro atoms. The Morgan fingerprint density at radius 3 is 2.62 bits per heavy atom. The summed E-state index contributed by atoms with van der Waals surface area (Å²) in [5.41, 5.74) is 0.589. The van der Waals surface area contributed by atoms with E-state index >= 15 is 0 Å². The zero-order valence-corrected chi connectivity index (χ0v) is 9.82. The van der Waals surface area contributed by atoms with Crippen LogP contribution in [0.3, 0.4) is 0 Å². The van der Waals surface area contributed by atoms with Crippen molar-refractivity contribution >= 4 is 33.3 Å². The van der Waals surface area contributed by atoms with E-state index in [0.29, 0.717) is 10.6 Å². The van der Waals surface area contributed by atoms with Gasteiger partial charge in [-0.25, -0.2) is 0 Å². The molecule has 0 amide bonds. The molecule has 0 atom stereocenters. The highest BCUT2D eigenvalue weighted by Gasteiger charge is 2.13. The van der Waals surface area contributed by atoms with Gasteiger partial charge in [0.1, 0.15) is 0 Å². The lowest BCUT2D eigenvalue weighted by molar-refractivity contribution is 0.0939. The topological polar surface area (TPSA) is 17.1 Å². The summed E-state index contributed by atoms with van der Waals surface area (Å²) in [6.45, 7) is 3.72. The molecule has 0 aliphatic carbocycles. The van der Waals surface area contributed by atoms with Crippen molar-refractivity contribution in [1.29, 1.82) is 0 Å². The van der Waals surface area contributed by atoms with Crippen molar-refractivity contribution in [3.05, 3.63) is 33.3 Å². The van der Waals surface area contributed by atoms with Crippen LogP contribution in [0.2, 0.25) is 5.02 Å². The van der Waals surface area contributed by atoms with Crippen LogP contribution < -0.4 is 0 Å². The van der Waals surface area contributed by atoms with E-state index in [1.54, 1.807) is 12.1 Å². The summed E-state index contributed by atoms with van der Waals surface area (Å²) in [5, 5.41) is 0.516. The first-order valence-electron chi connectivity index (χ1n) is 4.01. The number of halogens is 2. The van der Waals surface area contributed by atoms with E-state index in [-0.39, 0.29) is 11.7 Å². The number of carbonyl (C=O) groups is 1. The fourth-order valence-electron chi connectivity index (χ4n) is 0.997. The number of rotatable bonds is 2. The molecule has 0 radical (unpaired) electrons. The number of hydrogen-bond acceptors (Lipinski definition) is 1. The van der Waals surface area contributed by atoms with Gasteiger partial charge in [0.2, 0.25) is 0 Å². The number of hydrogen-bond donors (Lipinski definition) is 0. The molecule has 0 N–H and O–H groups in total. The van der Waals surface area contributed by atoms with E-state index in [4.69, 9.17) is 11.6 Å². The molecule has 1 aromatic rings. The summed E-state index contributed by atoms with van der Waals surface area (Å²) < 4.78 is 0.876. The molecule has 0 aliphatic rings. The Labute approximate surface area is 91.2 Å². The van der Waals surface area contributed by atoms with Gasteiger partial charge in [-0.05, 0) is 18.2 Å². The molecule has 70 valence electrons. The maximum Gasteiger partial charge on any atom is 0.166 e. The fraction of sp³-hybridized carbons (Fsp3) is 0.300. The second-order valence-electron chi connectivity index (χ2n) is 3.14. The molecular formula is C10H10BrClO. The second-order valence-corrected chi connectivity index (χ2v) is 4.47. The molecule has 0 unspecified atom stereocenters. The summed E-state index contributed by atoms with van der Waals surface area (Å²) >= 11 is 9.20. The Bertz CT molecular complexity index is 334. The maximum atomic E-state index is 11.6. The third-order valence-electron chi connectivity index (χ3n) is 1.72. The van der Waals surface area contributed by atoms with Crippen LogP contribution >= 0.6 is 27.5 Å². The highest BCUT2D eigenvalue weighted by Crippen LogP contribution is 2.23. The van der Waals surface area contributed by atoms with Crippen molar-refractivity contribution in [1.82, 2.24) is 0 Å². The van der Waals surface area contributed by atoms with Crippen LogP contribution in [0.15, 0.2) is 22.7 Å². The highest BCUT2D eigenvalue weighted by molar-refractivity contribution is 9.10. The van der Waals surface area contributed by atoms with Gasteiger partial charge in [-0.1, -0.05) is 41.4 Å². The zero-order chi connectivity index (χ0) is 10.0. The molecule has 0 aromatic heterocycles. The maximum absolute atomic E-state index is 11.6. The van der Waals surface area contributed by atoms with Crippen LogP contribution in [-0.4, -0.2) is 5.78 Å². The Morgan fingerprint density at radius 2 is 2.08 bits per heavy atom. The number of Topliss-reactive ketones (excluding diaryl/α,β-unsaturated/α-hetero) is 1. The lowest BCUT2D eigenvalue weighted by Gasteiger charge is -2.06. The zero-order valence-electron chi connectivity index (χ0n) is 7.47. The molecule has 0 fully saturated rings. The van der Waals surface area contributed by atoms with Gasteiger partial charge in [-0.15, -0.1) is 0 Å². The smallest absolute Gasteiger partial charge is 0.166 e. The molecule has 3 heteroatoms. The van der Waals surface area contributed by atoms with Gasteiger partial charge in [-0.3, -0.25) is 4.79 Å². The van der Waals surface area contributed by atoms with Crippen molar-refractivity contribution in [3.8, 4) is 0 Å². The molecule has 13 heavy (non-hydrogen) atoms. The average Bonchev–Trinajstić information content (AvgIpc) is 2.08. The summed E-state index contributed by atoms with van der Waals surface area (Å²) in [6, 6.07) is 5.30. The van der Waals surface area contributed by atoms with Crippen molar-refractivity contribution in [2.24, 2.45) is 5.92 Å². The van der Waals surface area contributed by atoms with Crippen molar-refractivity contribution in [3.63, 3.8) is 0 Å². The van der Waals surface area contributed by atoms with Crippen molar-refractivity contribution in [2.75, 3.05) is 0 Å². The summed E-state index contributed by atoms with van der Waals surface area (Å²) in [7, 11) is 0. The van der Waals surface area contributed by atoms with E-state index in [9.17, 15) is 4.79 Å². The molecule has 0 heterocycles. The van der Waals surface area contributed by atoms with Crippen LogP contribution in [0.5, 0.6) is 0 Å². The predicted molar refractivity (Wildman–Crippen MR) is 58.3 cm³/mol. The fourth-order valence-corrected chi connectivity index (χ4v) is 1.57. The number of benzene rings is 1. The SMILES string of the molecule is CC(C)C(=O)c1cc(Br)ccc1Cl. The first-order chi connectivity index (χ1) is 6.02. The summed E-state index contributed by atoms with van der Waals surface area (Å²) in [6.07, 6.45) is 0. The lowest BCUT2D eigenvalue weighted by Crippen LogP contribution is -2.07. The minimum absolute atomic E-state index is 0.0215. The lowest BCUT2D eigenvalue weighted by atomic mass is 10.0. The van der Waals surface area contributed by atoms with Gasteiger partial charge in [-0.2, -0.15) is 0 Å². The molecule has 1 nitrogen and oxygen atoms in total. The minimum atomic E-state index is -0.0215. The minimum Gasteiger partial charge on any atom is -0.294 e. The largest absolute Gasteiger partial charge is 0.294 e. The molecule has 0 aliphatic heterocycles. The van der Waals surface area contributed by atoms with Gasteiger partial charge < -0.3 is 0 Å². The van der Waals surface area contributed by atoms with Crippen LogP contribution in [-0.2, 0) is 0 Å². The summed E-state index contributed by atoms with van der Waals surface area (Å²) in [4.78, 5) is 11.6. The Hall–Kier alpha value is -0.340. The molecule has 1 aromatic carbocycles. The average molecular weight is 262 g/mol. The van der Waals surface area contributed by atoms with E-state index in [1.807, 2.05) is 19.9 Å². The third-order valence-corrected chi connectivity index (χ3v) is 2.54. The van der Waals surface area contributed by atoms with E-state index < -0.39 is 0 Å². The van der Waals surface area contributed by atoms with Crippen LogP contribution in [0, 0.1) is 5.92 Å². The molecule has 0 bridgehead atoms. The summed E-state index contributed by atoms with van der Waals surface area (Å²) in [5.74, 6) is 0.0538. The molecule has 0 saturated carbocycles. The first kappa shape index (κ1) is 10.7. The highest BCUT2D eigenvalue weighted by atomic mass is 79.9. The van der Waals surface area contributed by atoms with E-state index in [0.717, 1.165) is 4.47 Å². The van der Waals surface area contributed by atoms with Crippen LogP contribution in [0.1, 0.15) is 24.2 Å². The quantitative estimate of drug-likeness (QED) is 0.737. The molecular weight excluding hydrogens is 251 g/mol. The Morgan fingerprint density at radius 1 is 1.46 bits per heavy atom. The van der Waals surface area contributed by atoms with Crippen molar-refractivity contribution in [2.45, 2.75) is 13.8 Å². The number of ketones is 1. The van der Waals surface area contributed by atoms with Gasteiger partial charge in [0.15, 0.2) is 5.78 Å².